The molecule has 0 N–H and O–H groups in total. The average molecular weight is 307 g/mol. The van der Waals surface area contributed by atoms with Gasteiger partial charge in [-0.25, -0.2) is 9.69 Å². The van der Waals surface area contributed by atoms with Gasteiger partial charge in [0.1, 0.15) is 5.76 Å². The van der Waals surface area contributed by atoms with E-state index in [0.29, 0.717) is 25.4 Å². The Balaban J connectivity index is 1.50. The molecule has 0 aromatic carbocycles. The summed E-state index contributed by atoms with van der Waals surface area (Å²) in [6, 6.07) is 0. The normalized spacial score (nSPS) is 18.6. The Morgan fingerprint density at radius 2 is 2.05 bits per heavy atom. The lowest BCUT2D eigenvalue weighted by atomic mass is 9.98. The number of rotatable bonds is 4. The van der Waals surface area contributed by atoms with Gasteiger partial charge in [0, 0.05) is 31.1 Å². The molecular formula is C14H17N3O5. The Bertz CT molecular complexity index is 597. The monoisotopic (exact) mass is 307 g/mol. The van der Waals surface area contributed by atoms with Crippen molar-refractivity contribution < 1.29 is 23.6 Å². The van der Waals surface area contributed by atoms with E-state index in [1.807, 2.05) is 6.92 Å². The van der Waals surface area contributed by atoms with Gasteiger partial charge >= 0.3 is 6.09 Å². The first-order valence-electron chi connectivity index (χ1n) is 7.12. The molecule has 0 spiro atoms. The van der Waals surface area contributed by atoms with Crippen molar-refractivity contribution in [3.63, 3.8) is 0 Å². The second-order valence-corrected chi connectivity index (χ2v) is 5.70. The molecule has 0 radical (unpaired) electrons. The number of hydrogen-bond donors (Lipinski definition) is 0. The molecule has 2 aliphatic rings. The van der Waals surface area contributed by atoms with Gasteiger partial charge in [0.05, 0.1) is 12.1 Å². The van der Waals surface area contributed by atoms with E-state index in [1.165, 1.54) is 0 Å². The SMILES string of the molecule is Cc1noc(C)c1CC(=O)N1CC(CN2C(=O)COC2=O)C1. The molecule has 0 bridgehead atoms. The minimum atomic E-state index is -0.592. The van der Waals surface area contributed by atoms with Gasteiger partial charge in [-0.1, -0.05) is 5.16 Å². The Hall–Kier alpha value is -2.38. The minimum Gasteiger partial charge on any atom is -0.439 e. The predicted octanol–water partition coefficient (Wildman–Crippen LogP) is 0.271. The van der Waals surface area contributed by atoms with E-state index in [9.17, 15) is 14.4 Å². The second kappa shape index (κ2) is 5.43. The van der Waals surface area contributed by atoms with Crippen LogP contribution in [0.25, 0.3) is 0 Å². The van der Waals surface area contributed by atoms with E-state index in [2.05, 4.69) is 9.89 Å². The van der Waals surface area contributed by atoms with Gasteiger partial charge in [-0.15, -0.1) is 0 Å². The maximum atomic E-state index is 12.2. The van der Waals surface area contributed by atoms with Crippen molar-refractivity contribution in [3.8, 4) is 0 Å². The van der Waals surface area contributed by atoms with Crippen LogP contribution < -0.4 is 0 Å². The first kappa shape index (κ1) is 14.6. The molecule has 1 aromatic heterocycles. The summed E-state index contributed by atoms with van der Waals surface area (Å²) in [5, 5.41) is 3.83. The zero-order chi connectivity index (χ0) is 15.9. The number of nitrogens with zero attached hydrogens (tertiary/aromatic N) is 3. The van der Waals surface area contributed by atoms with Crippen LogP contribution in [0, 0.1) is 19.8 Å². The van der Waals surface area contributed by atoms with E-state index in [0.717, 1.165) is 16.2 Å². The summed E-state index contributed by atoms with van der Waals surface area (Å²) in [5.74, 6) is 0.461. The molecule has 8 heteroatoms. The van der Waals surface area contributed by atoms with Crippen LogP contribution in [0.5, 0.6) is 0 Å². The molecule has 2 saturated heterocycles. The first-order valence-corrected chi connectivity index (χ1v) is 7.12. The maximum Gasteiger partial charge on any atom is 0.417 e. The van der Waals surface area contributed by atoms with Crippen LogP contribution >= 0.6 is 0 Å². The van der Waals surface area contributed by atoms with Crippen LogP contribution in [-0.2, 0) is 20.7 Å². The summed E-state index contributed by atoms with van der Waals surface area (Å²) in [7, 11) is 0. The molecule has 118 valence electrons. The van der Waals surface area contributed by atoms with Gasteiger partial charge in [0.15, 0.2) is 6.61 Å². The van der Waals surface area contributed by atoms with Gasteiger partial charge in [0.25, 0.3) is 5.91 Å². The number of carbonyl (C=O) groups is 3. The number of amides is 3. The molecule has 3 heterocycles. The summed E-state index contributed by atoms with van der Waals surface area (Å²) < 4.78 is 9.70. The molecule has 0 unspecified atom stereocenters. The summed E-state index contributed by atoms with van der Waals surface area (Å²) in [4.78, 5) is 37.8. The molecule has 0 saturated carbocycles. The molecule has 2 aliphatic heterocycles. The number of likely N-dealkylation sites (tertiary alicyclic amines) is 1. The highest BCUT2D eigenvalue weighted by Gasteiger charge is 2.38. The zero-order valence-corrected chi connectivity index (χ0v) is 12.5. The zero-order valence-electron chi connectivity index (χ0n) is 12.5. The van der Waals surface area contributed by atoms with Gasteiger partial charge in [-0.05, 0) is 13.8 Å². The van der Waals surface area contributed by atoms with Gasteiger partial charge < -0.3 is 14.2 Å². The van der Waals surface area contributed by atoms with E-state index in [-0.39, 0.29) is 30.8 Å². The quantitative estimate of drug-likeness (QED) is 0.793. The number of aryl methyl sites for hydroxylation is 2. The molecule has 0 aliphatic carbocycles. The fourth-order valence-corrected chi connectivity index (χ4v) is 2.72. The highest BCUT2D eigenvalue weighted by molar-refractivity contribution is 5.97. The van der Waals surface area contributed by atoms with E-state index < -0.39 is 6.09 Å². The Labute approximate surface area is 127 Å². The number of imide groups is 1. The van der Waals surface area contributed by atoms with Crippen molar-refractivity contribution >= 4 is 17.9 Å². The maximum absolute atomic E-state index is 12.2. The minimum absolute atomic E-state index is 0.000903. The summed E-state index contributed by atoms with van der Waals surface area (Å²) in [5.41, 5.74) is 1.56. The highest BCUT2D eigenvalue weighted by atomic mass is 16.6. The smallest absolute Gasteiger partial charge is 0.417 e. The number of ether oxygens (including phenoxy) is 1. The molecule has 2 fully saturated rings. The van der Waals surface area contributed by atoms with Crippen molar-refractivity contribution in [2.75, 3.05) is 26.2 Å². The predicted molar refractivity (Wildman–Crippen MR) is 72.8 cm³/mol. The fraction of sp³-hybridized carbons (Fsp3) is 0.571. The standard InChI is InChI=1S/C14H17N3O5/c1-8-11(9(2)22-15-8)3-12(18)16-4-10(5-16)6-17-13(19)7-21-14(17)20/h10H,3-7H2,1-2H3. The average Bonchev–Trinajstić information content (AvgIpc) is 2.91. The summed E-state index contributed by atoms with van der Waals surface area (Å²) in [6.45, 7) is 4.81. The molecule has 3 amide bonds. The molecule has 0 atom stereocenters. The Morgan fingerprint density at radius 1 is 1.32 bits per heavy atom. The van der Waals surface area contributed by atoms with Crippen LogP contribution in [0.4, 0.5) is 4.79 Å². The summed E-state index contributed by atoms with van der Waals surface area (Å²) in [6.07, 6.45) is -0.330. The fourth-order valence-electron chi connectivity index (χ4n) is 2.72. The highest BCUT2D eigenvalue weighted by Crippen LogP contribution is 2.21. The molecule has 3 rings (SSSR count). The van der Waals surface area contributed by atoms with E-state index in [1.54, 1.807) is 11.8 Å². The summed E-state index contributed by atoms with van der Waals surface area (Å²) >= 11 is 0. The van der Waals surface area contributed by atoms with Crippen molar-refractivity contribution in [1.29, 1.82) is 0 Å². The second-order valence-electron chi connectivity index (χ2n) is 5.70. The first-order chi connectivity index (χ1) is 10.5. The third-order valence-corrected chi connectivity index (χ3v) is 4.10. The Morgan fingerprint density at radius 3 is 2.59 bits per heavy atom. The number of cyclic esters (lactones) is 1. The molecule has 8 nitrogen and oxygen atoms in total. The van der Waals surface area contributed by atoms with E-state index in [4.69, 9.17) is 4.52 Å². The van der Waals surface area contributed by atoms with E-state index >= 15 is 0 Å². The Kier molecular flexibility index (Phi) is 3.59. The molecule has 22 heavy (non-hydrogen) atoms. The van der Waals surface area contributed by atoms with Crippen molar-refractivity contribution in [3.05, 3.63) is 17.0 Å². The van der Waals surface area contributed by atoms with Crippen LogP contribution in [0.15, 0.2) is 4.52 Å². The largest absolute Gasteiger partial charge is 0.439 e. The van der Waals surface area contributed by atoms with Gasteiger partial charge in [0.2, 0.25) is 5.91 Å². The third-order valence-electron chi connectivity index (χ3n) is 4.10. The number of aromatic nitrogens is 1. The van der Waals surface area contributed by atoms with Gasteiger partial charge in [-0.3, -0.25) is 9.59 Å². The van der Waals surface area contributed by atoms with Crippen LogP contribution in [0.1, 0.15) is 17.0 Å². The number of carbonyl (C=O) groups excluding carboxylic acids is 3. The lowest BCUT2D eigenvalue weighted by molar-refractivity contribution is -0.137. The third kappa shape index (κ3) is 2.56. The lowest BCUT2D eigenvalue weighted by Gasteiger charge is -2.40. The topological polar surface area (TPSA) is 93.0 Å². The number of hydrogen-bond acceptors (Lipinski definition) is 6. The van der Waals surface area contributed by atoms with Gasteiger partial charge in [-0.2, -0.15) is 0 Å². The molecule has 1 aromatic rings. The van der Waals surface area contributed by atoms with Crippen molar-refractivity contribution in [1.82, 2.24) is 15.0 Å². The van der Waals surface area contributed by atoms with Crippen molar-refractivity contribution in [2.45, 2.75) is 20.3 Å². The van der Waals surface area contributed by atoms with Crippen molar-refractivity contribution in [2.24, 2.45) is 5.92 Å². The molecular weight excluding hydrogens is 290 g/mol. The van der Waals surface area contributed by atoms with Crippen LogP contribution in [-0.4, -0.2) is 59.1 Å². The van der Waals surface area contributed by atoms with Crippen LogP contribution in [0.2, 0.25) is 0 Å². The van der Waals surface area contributed by atoms with Crippen LogP contribution in [0.3, 0.4) is 0 Å². The lowest BCUT2D eigenvalue weighted by Crippen LogP contribution is -2.54.